The van der Waals surface area contributed by atoms with Gasteiger partial charge in [0.15, 0.2) is 0 Å². The Labute approximate surface area is 107 Å². The molecule has 0 aliphatic heterocycles. The van der Waals surface area contributed by atoms with E-state index in [9.17, 15) is 9.90 Å². The number of aliphatic hydroxyl groups is 1. The van der Waals surface area contributed by atoms with E-state index < -0.39 is 0 Å². The van der Waals surface area contributed by atoms with Crippen molar-refractivity contribution in [2.45, 2.75) is 56.3 Å². The molecule has 0 heterocycles. The number of rotatable bonds is 5. The maximum Gasteiger partial charge on any atom is 0.306 e. The Morgan fingerprint density at radius 2 is 2.12 bits per heavy atom. The Bertz CT molecular complexity index is 276. The maximum absolute atomic E-state index is 11.3. The van der Waals surface area contributed by atoms with Crippen LogP contribution in [0.15, 0.2) is 0 Å². The highest BCUT2D eigenvalue weighted by Crippen LogP contribution is 2.52. The minimum atomic E-state index is -0.136. The number of carbonyl (C=O) groups excluding carboxylic acids is 1. The standard InChI is InChI=1S/C13H22O3S/c1-16-12(15)8-13(6-7-13)9-17-11-5-3-2-4-10(11)14/h10-11,14H,2-9H2,1H3/t10-,11-/m0/s1. The maximum atomic E-state index is 11.3. The predicted molar refractivity (Wildman–Crippen MR) is 69.0 cm³/mol. The average Bonchev–Trinajstić information content (AvgIpc) is 3.08. The van der Waals surface area contributed by atoms with Gasteiger partial charge in [-0.1, -0.05) is 12.8 Å². The number of carbonyl (C=O) groups is 1. The van der Waals surface area contributed by atoms with E-state index in [2.05, 4.69) is 0 Å². The number of ether oxygens (including phenoxy) is 1. The van der Waals surface area contributed by atoms with Crippen molar-refractivity contribution in [3.8, 4) is 0 Å². The van der Waals surface area contributed by atoms with Crippen LogP contribution in [0.5, 0.6) is 0 Å². The summed E-state index contributed by atoms with van der Waals surface area (Å²) in [5.41, 5.74) is 0.189. The van der Waals surface area contributed by atoms with Gasteiger partial charge in [0.2, 0.25) is 0 Å². The molecule has 2 fully saturated rings. The first-order chi connectivity index (χ1) is 8.15. The molecule has 0 bridgehead atoms. The Morgan fingerprint density at radius 1 is 1.41 bits per heavy atom. The molecule has 4 heteroatoms. The molecule has 0 amide bonds. The minimum absolute atomic E-state index is 0.0905. The third-order valence-electron chi connectivity index (χ3n) is 3.98. The molecule has 2 aliphatic carbocycles. The molecule has 0 aromatic rings. The van der Waals surface area contributed by atoms with Crippen molar-refractivity contribution in [2.24, 2.45) is 5.41 Å². The van der Waals surface area contributed by atoms with E-state index in [-0.39, 0.29) is 17.5 Å². The van der Waals surface area contributed by atoms with E-state index in [1.807, 2.05) is 11.8 Å². The van der Waals surface area contributed by atoms with Gasteiger partial charge in [-0.25, -0.2) is 0 Å². The summed E-state index contributed by atoms with van der Waals surface area (Å²) in [5, 5.41) is 10.3. The molecule has 0 aromatic carbocycles. The van der Waals surface area contributed by atoms with Gasteiger partial charge in [0, 0.05) is 5.25 Å². The van der Waals surface area contributed by atoms with Crippen molar-refractivity contribution >= 4 is 17.7 Å². The smallest absolute Gasteiger partial charge is 0.306 e. The number of methoxy groups -OCH3 is 1. The average molecular weight is 258 g/mol. The minimum Gasteiger partial charge on any atom is -0.469 e. The van der Waals surface area contributed by atoms with Crippen molar-refractivity contribution in [3.05, 3.63) is 0 Å². The van der Waals surface area contributed by atoms with E-state index in [0.717, 1.165) is 37.9 Å². The van der Waals surface area contributed by atoms with E-state index in [1.54, 1.807) is 0 Å². The van der Waals surface area contributed by atoms with Gasteiger partial charge in [0.1, 0.15) is 0 Å². The fourth-order valence-electron chi connectivity index (χ4n) is 2.48. The Kier molecular flexibility index (Phi) is 4.36. The van der Waals surface area contributed by atoms with Gasteiger partial charge < -0.3 is 9.84 Å². The summed E-state index contributed by atoms with van der Waals surface area (Å²) >= 11 is 1.87. The first-order valence-corrected chi connectivity index (χ1v) is 7.57. The number of hydrogen-bond acceptors (Lipinski definition) is 4. The Hall–Kier alpha value is -0.220. The summed E-state index contributed by atoms with van der Waals surface area (Å²) < 4.78 is 4.74. The first-order valence-electron chi connectivity index (χ1n) is 6.52. The van der Waals surface area contributed by atoms with Crippen LogP contribution in [0.3, 0.4) is 0 Å². The lowest BCUT2D eigenvalue weighted by Crippen LogP contribution is -2.28. The molecule has 1 N–H and O–H groups in total. The normalized spacial score (nSPS) is 30.9. The molecule has 0 saturated heterocycles. The summed E-state index contributed by atoms with van der Waals surface area (Å²) in [6, 6.07) is 0. The molecule has 2 rings (SSSR count). The van der Waals surface area contributed by atoms with Crippen LogP contribution < -0.4 is 0 Å². The van der Waals surface area contributed by atoms with E-state index in [1.165, 1.54) is 13.5 Å². The van der Waals surface area contributed by atoms with Crippen LogP contribution in [-0.2, 0) is 9.53 Å². The van der Waals surface area contributed by atoms with Crippen molar-refractivity contribution in [1.29, 1.82) is 0 Å². The summed E-state index contributed by atoms with van der Waals surface area (Å²) in [4.78, 5) is 11.3. The second-order valence-electron chi connectivity index (χ2n) is 5.45. The van der Waals surface area contributed by atoms with Crippen LogP contribution in [0.25, 0.3) is 0 Å². The van der Waals surface area contributed by atoms with Crippen LogP contribution >= 0.6 is 11.8 Å². The number of aliphatic hydroxyl groups excluding tert-OH is 1. The van der Waals surface area contributed by atoms with Crippen molar-refractivity contribution in [3.63, 3.8) is 0 Å². The van der Waals surface area contributed by atoms with Crippen LogP contribution in [0.1, 0.15) is 44.9 Å². The highest BCUT2D eigenvalue weighted by Gasteiger charge is 2.45. The fourth-order valence-corrected chi connectivity index (χ4v) is 4.13. The summed E-state index contributed by atoms with van der Waals surface area (Å²) in [6.07, 6.45) is 7.16. The number of hydrogen-bond donors (Lipinski definition) is 1. The lowest BCUT2D eigenvalue weighted by atomic mass is 9.97. The molecule has 2 atom stereocenters. The van der Waals surface area contributed by atoms with Crippen molar-refractivity contribution in [1.82, 2.24) is 0 Å². The van der Waals surface area contributed by atoms with Gasteiger partial charge in [-0.2, -0.15) is 11.8 Å². The lowest BCUT2D eigenvalue weighted by molar-refractivity contribution is -0.141. The monoisotopic (exact) mass is 258 g/mol. The summed E-state index contributed by atoms with van der Waals surface area (Å²) in [5.74, 6) is 0.913. The molecular formula is C13H22O3S. The molecule has 0 spiro atoms. The SMILES string of the molecule is COC(=O)CC1(CS[C@H]2CCCC[C@@H]2O)CC1. The lowest BCUT2D eigenvalue weighted by Gasteiger charge is -2.28. The van der Waals surface area contributed by atoms with Crippen LogP contribution in [0.2, 0.25) is 0 Å². The summed E-state index contributed by atoms with van der Waals surface area (Å²) in [7, 11) is 1.45. The fraction of sp³-hybridized carbons (Fsp3) is 0.923. The van der Waals surface area contributed by atoms with Gasteiger partial charge in [-0.3, -0.25) is 4.79 Å². The highest BCUT2D eigenvalue weighted by molar-refractivity contribution is 8.00. The molecule has 98 valence electrons. The highest BCUT2D eigenvalue weighted by atomic mass is 32.2. The quantitative estimate of drug-likeness (QED) is 0.769. The third kappa shape index (κ3) is 3.62. The van der Waals surface area contributed by atoms with E-state index >= 15 is 0 Å². The van der Waals surface area contributed by atoms with Crippen LogP contribution in [0.4, 0.5) is 0 Å². The second-order valence-corrected chi connectivity index (χ2v) is 6.68. The molecule has 0 unspecified atom stereocenters. The molecule has 0 radical (unpaired) electrons. The predicted octanol–water partition coefficient (Wildman–Crippen LogP) is 2.37. The van der Waals surface area contributed by atoms with E-state index in [4.69, 9.17) is 4.74 Å². The summed E-state index contributed by atoms with van der Waals surface area (Å²) in [6.45, 7) is 0. The first kappa shape index (κ1) is 13.2. The van der Waals surface area contributed by atoms with Gasteiger partial charge in [-0.05, 0) is 36.9 Å². The third-order valence-corrected chi connectivity index (χ3v) is 5.73. The van der Waals surface area contributed by atoms with Crippen LogP contribution in [-0.4, -0.2) is 35.3 Å². The number of esters is 1. The Balaban J connectivity index is 1.75. The molecule has 2 saturated carbocycles. The molecule has 3 nitrogen and oxygen atoms in total. The zero-order chi connectivity index (χ0) is 12.3. The second kappa shape index (κ2) is 5.61. The van der Waals surface area contributed by atoms with Crippen LogP contribution in [0, 0.1) is 5.41 Å². The topological polar surface area (TPSA) is 46.5 Å². The zero-order valence-electron chi connectivity index (χ0n) is 10.5. The van der Waals surface area contributed by atoms with Gasteiger partial charge in [0.05, 0.1) is 19.6 Å². The number of thioether (sulfide) groups is 1. The largest absolute Gasteiger partial charge is 0.469 e. The zero-order valence-corrected chi connectivity index (χ0v) is 11.3. The molecule has 0 aromatic heterocycles. The molecular weight excluding hydrogens is 236 g/mol. The molecule has 17 heavy (non-hydrogen) atoms. The van der Waals surface area contributed by atoms with Crippen molar-refractivity contribution < 1.29 is 14.6 Å². The van der Waals surface area contributed by atoms with Gasteiger partial charge in [-0.15, -0.1) is 0 Å². The van der Waals surface area contributed by atoms with Crippen molar-refractivity contribution in [2.75, 3.05) is 12.9 Å². The molecule has 2 aliphatic rings. The van der Waals surface area contributed by atoms with Gasteiger partial charge >= 0.3 is 5.97 Å². The Morgan fingerprint density at radius 3 is 2.71 bits per heavy atom. The van der Waals surface area contributed by atoms with Gasteiger partial charge in [0.25, 0.3) is 0 Å². The van der Waals surface area contributed by atoms with E-state index in [0.29, 0.717) is 11.7 Å².